The number of esters is 1. The average molecular weight is 358 g/mol. The second kappa shape index (κ2) is 11.6. The molecular formula is C18H30O7. The number of hydrogen-bond acceptors (Lipinski definition) is 6. The summed E-state index contributed by atoms with van der Waals surface area (Å²) in [6.07, 6.45) is -0.826. The minimum absolute atomic E-state index is 0.0132. The van der Waals surface area contributed by atoms with Crippen molar-refractivity contribution in [3.8, 4) is 0 Å². The molecule has 4 unspecified atom stereocenters. The molecule has 4 atom stereocenters. The Morgan fingerprint density at radius 2 is 1.68 bits per heavy atom. The van der Waals surface area contributed by atoms with Crippen molar-refractivity contribution in [2.24, 2.45) is 11.8 Å². The number of hydrogen-bond donors (Lipinski definition) is 2. The van der Waals surface area contributed by atoms with Gasteiger partial charge in [-0.15, -0.1) is 0 Å². The van der Waals surface area contributed by atoms with Gasteiger partial charge >= 0.3 is 11.9 Å². The van der Waals surface area contributed by atoms with Crippen molar-refractivity contribution >= 4 is 18.4 Å². The van der Waals surface area contributed by atoms with Crippen LogP contribution in [0, 0.1) is 11.8 Å². The molecule has 0 aliphatic heterocycles. The standard InChI is InChI=1S/C18H30O7/c1-6-13(20)8-15(17(21)22)14(7-2)18(23)24-9-16(25-10-19)12(5)11(3)4/h10,13-16,20H,6-9H2,1-5H3,(H,21,22). The highest BCUT2D eigenvalue weighted by molar-refractivity contribution is 5.81. The fourth-order valence-corrected chi connectivity index (χ4v) is 2.43. The molecule has 25 heavy (non-hydrogen) atoms. The summed E-state index contributed by atoms with van der Waals surface area (Å²) in [4.78, 5) is 34.5. The fourth-order valence-electron chi connectivity index (χ4n) is 2.43. The zero-order valence-electron chi connectivity index (χ0n) is 15.7. The van der Waals surface area contributed by atoms with Crippen LogP contribution in [0.5, 0.6) is 0 Å². The summed E-state index contributed by atoms with van der Waals surface area (Å²) in [6, 6.07) is 0. The molecule has 0 heterocycles. The van der Waals surface area contributed by atoms with Crippen LogP contribution in [-0.2, 0) is 23.9 Å². The van der Waals surface area contributed by atoms with E-state index < -0.39 is 36.0 Å². The number of allylic oxidation sites excluding steroid dienone is 1. The molecule has 0 saturated heterocycles. The van der Waals surface area contributed by atoms with Crippen molar-refractivity contribution in [1.82, 2.24) is 0 Å². The van der Waals surface area contributed by atoms with E-state index in [1.165, 1.54) is 0 Å². The molecule has 7 nitrogen and oxygen atoms in total. The van der Waals surface area contributed by atoms with Crippen LogP contribution in [0.4, 0.5) is 0 Å². The second-order valence-electron chi connectivity index (χ2n) is 6.29. The SMILES string of the molecule is CCC(O)CC(C(=O)O)C(CC)C(=O)OCC(OC=O)C(C)=C(C)C. The van der Waals surface area contributed by atoms with E-state index in [1.54, 1.807) is 20.8 Å². The number of rotatable bonds is 12. The molecule has 2 N–H and O–H groups in total. The monoisotopic (exact) mass is 358 g/mol. The molecule has 0 aliphatic rings. The summed E-state index contributed by atoms with van der Waals surface area (Å²) in [5.74, 6) is -3.71. The van der Waals surface area contributed by atoms with Crippen molar-refractivity contribution in [2.75, 3.05) is 6.61 Å². The van der Waals surface area contributed by atoms with E-state index in [-0.39, 0.29) is 19.4 Å². The summed E-state index contributed by atoms with van der Waals surface area (Å²) >= 11 is 0. The van der Waals surface area contributed by atoms with Gasteiger partial charge in [0.1, 0.15) is 6.61 Å². The molecule has 0 saturated carbocycles. The van der Waals surface area contributed by atoms with Gasteiger partial charge in [0, 0.05) is 0 Å². The Bertz CT molecular complexity index is 480. The maximum atomic E-state index is 12.4. The lowest BCUT2D eigenvalue weighted by atomic mass is 9.85. The van der Waals surface area contributed by atoms with Gasteiger partial charge in [0.15, 0.2) is 6.10 Å². The van der Waals surface area contributed by atoms with Gasteiger partial charge in [0.05, 0.1) is 17.9 Å². The van der Waals surface area contributed by atoms with Crippen molar-refractivity contribution in [3.63, 3.8) is 0 Å². The van der Waals surface area contributed by atoms with Crippen LogP contribution >= 0.6 is 0 Å². The summed E-state index contributed by atoms with van der Waals surface area (Å²) in [6.45, 7) is 9.02. The summed E-state index contributed by atoms with van der Waals surface area (Å²) in [5, 5.41) is 19.1. The number of aliphatic hydroxyl groups is 1. The maximum absolute atomic E-state index is 12.4. The van der Waals surface area contributed by atoms with Crippen LogP contribution in [-0.4, -0.2) is 47.4 Å². The lowest BCUT2D eigenvalue weighted by Gasteiger charge is -2.24. The van der Waals surface area contributed by atoms with E-state index >= 15 is 0 Å². The first-order chi connectivity index (χ1) is 11.7. The Kier molecular flexibility index (Phi) is 10.7. The number of carbonyl (C=O) groups is 3. The molecule has 0 aromatic rings. The third-order valence-corrected chi connectivity index (χ3v) is 4.41. The van der Waals surface area contributed by atoms with E-state index in [0.717, 1.165) is 11.1 Å². The van der Waals surface area contributed by atoms with Gasteiger partial charge in [0.25, 0.3) is 6.47 Å². The number of carboxylic acids is 1. The molecule has 0 aromatic carbocycles. The van der Waals surface area contributed by atoms with Crippen LogP contribution in [0.15, 0.2) is 11.1 Å². The Morgan fingerprint density at radius 1 is 1.08 bits per heavy atom. The van der Waals surface area contributed by atoms with Crippen molar-refractivity contribution in [3.05, 3.63) is 11.1 Å². The van der Waals surface area contributed by atoms with Gasteiger partial charge in [-0.3, -0.25) is 14.4 Å². The molecule has 144 valence electrons. The molecule has 0 amide bonds. The lowest BCUT2D eigenvalue weighted by molar-refractivity contribution is -0.162. The molecule has 0 aromatic heterocycles. The second-order valence-corrected chi connectivity index (χ2v) is 6.29. The van der Waals surface area contributed by atoms with Crippen LogP contribution in [0.25, 0.3) is 0 Å². The molecule has 0 rings (SSSR count). The normalized spacial score (nSPS) is 15.4. The molecule has 0 spiro atoms. The average Bonchev–Trinajstić information content (AvgIpc) is 2.56. The predicted molar refractivity (Wildman–Crippen MR) is 91.8 cm³/mol. The van der Waals surface area contributed by atoms with Crippen molar-refractivity contribution < 1.29 is 34.1 Å². The number of carboxylic acid groups (broad SMARTS) is 1. The first kappa shape index (κ1) is 23.1. The number of aliphatic carboxylic acids is 1. The smallest absolute Gasteiger partial charge is 0.309 e. The minimum atomic E-state index is -1.14. The first-order valence-electron chi connectivity index (χ1n) is 8.49. The predicted octanol–water partition coefficient (Wildman–Crippen LogP) is 2.32. The third-order valence-electron chi connectivity index (χ3n) is 4.41. The summed E-state index contributed by atoms with van der Waals surface area (Å²) in [7, 11) is 0. The maximum Gasteiger partial charge on any atom is 0.309 e. The molecule has 0 fully saturated rings. The molecule has 0 aliphatic carbocycles. The topological polar surface area (TPSA) is 110 Å². The van der Waals surface area contributed by atoms with Crippen molar-refractivity contribution in [1.29, 1.82) is 0 Å². The highest BCUT2D eigenvalue weighted by Gasteiger charge is 2.35. The van der Waals surface area contributed by atoms with E-state index in [2.05, 4.69) is 0 Å². The molecule has 0 bridgehead atoms. The van der Waals surface area contributed by atoms with Crippen molar-refractivity contribution in [2.45, 2.75) is 66.1 Å². The van der Waals surface area contributed by atoms with Gasteiger partial charge in [-0.2, -0.15) is 0 Å². The third kappa shape index (κ3) is 7.69. The van der Waals surface area contributed by atoms with Gasteiger partial charge in [-0.1, -0.05) is 19.4 Å². The minimum Gasteiger partial charge on any atom is -0.481 e. The number of carbonyl (C=O) groups excluding carboxylic acids is 2. The lowest BCUT2D eigenvalue weighted by Crippen LogP contribution is -2.35. The molecular weight excluding hydrogens is 328 g/mol. The highest BCUT2D eigenvalue weighted by atomic mass is 16.6. The van der Waals surface area contributed by atoms with Gasteiger partial charge < -0.3 is 19.7 Å². The summed E-state index contributed by atoms with van der Waals surface area (Å²) in [5.41, 5.74) is 1.70. The number of ether oxygens (including phenoxy) is 2. The Labute approximate surface area is 149 Å². The Morgan fingerprint density at radius 3 is 2.08 bits per heavy atom. The fraction of sp³-hybridized carbons (Fsp3) is 0.722. The van der Waals surface area contributed by atoms with Gasteiger partial charge in [-0.25, -0.2) is 0 Å². The summed E-state index contributed by atoms with van der Waals surface area (Å²) < 4.78 is 10.2. The zero-order valence-corrected chi connectivity index (χ0v) is 15.7. The van der Waals surface area contributed by atoms with E-state index in [0.29, 0.717) is 12.9 Å². The Hall–Kier alpha value is -1.89. The zero-order chi connectivity index (χ0) is 19.6. The van der Waals surface area contributed by atoms with Crippen LogP contribution in [0.2, 0.25) is 0 Å². The molecule has 0 radical (unpaired) electrons. The number of aliphatic hydroxyl groups excluding tert-OH is 1. The van der Waals surface area contributed by atoms with Crippen LogP contribution in [0.1, 0.15) is 53.9 Å². The Balaban J connectivity index is 5.09. The van der Waals surface area contributed by atoms with E-state index in [1.807, 2.05) is 13.8 Å². The van der Waals surface area contributed by atoms with E-state index in [9.17, 15) is 24.6 Å². The van der Waals surface area contributed by atoms with E-state index in [4.69, 9.17) is 9.47 Å². The largest absolute Gasteiger partial charge is 0.481 e. The van der Waals surface area contributed by atoms with Crippen LogP contribution in [0.3, 0.4) is 0 Å². The van der Waals surface area contributed by atoms with Gasteiger partial charge in [0.2, 0.25) is 0 Å². The first-order valence-corrected chi connectivity index (χ1v) is 8.49. The van der Waals surface area contributed by atoms with Crippen LogP contribution < -0.4 is 0 Å². The molecule has 7 heteroatoms. The quantitative estimate of drug-likeness (QED) is 0.313. The van der Waals surface area contributed by atoms with Gasteiger partial charge in [-0.05, 0) is 45.6 Å². The highest BCUT2D eigenvalue weighted by Crippen LogP contribution is 2.24.